The molecule has 0 spiro atoms. The highest BCUT2D eigenvalue weighted by atomic mass is 19.1. The number of halogens is 1. The fourth-order valence-corrected chi connectivity index (χ4v) is 1.97. The van der Waals surface area contributed by atoms with Gasteiger partial charge in [-0.3, -0.25) is 4.79 Å². The lowest BCUT2D eigenvalue weighted by Gasteiger charge is -2.04. The Hall–Kier alpha value is -3.10. The third-order valence-corrected chi connectivity index (χ3v) is 3.16. The van der Waals surface area contributed by atoms with Gasteiger partial charge in [0.2, 0.25) is 5.89 Å². The van der Waals surface area contributed by atoms with Gasteiger partial charge in [-0.2, -0.15) is 4.98 Å². The van der Waals surface area contributed by atoms with E-state index in [0.29, 0.717) is 23.2 Å². The van der Waals surface area contributed by atoms with E-state index in [2.05, 4.69) is 25.8 Å². The molecule has 118 valence electrons. The largest absolute Gasteiger partial charge is 0.340 e. The standard InChI is InChI=1S/C14H13FN6O2/c1-8-13(17-14(22)10-4-3-5-11(15)6-10)18-20-21(8)7-12-16-9(2)23-19-12/h3-6H,7H2,1-2H3,(H,17,22). The van der Waals surface area contributed by atoms with Gasteiger partial charge in [0.1, 0.15) is 12.4 Å². The van der Waals surface area contributed by atoms with E-state index in [1.807, 2.05) is 0 Å². The van der Waals surface area contributed by atoms with Gasteiger partial charge in [-0.15, -0.1) is 5.10 Å². The number of aromatic nitrogens is 5. The molecule has 0 aliphatic carbocycles. The molecule has 0 fully saturated rings. The lowest BCUT2D eigenvalue weighted by atomic mass is 10.2. The number of nitrogens with zero attached hydrogens (tertiary/aromatic N) is 5. The fraction of sp³-hybridized carbons (Fsp3) is 0.214. The van der Waals surface area contributed by atoms with Crippen LogP contribution in [-0.4, -0.2) is 31.0 Å². The summed E-state index contributed by atoms with van der Waals surface area (Å²) in [7, 11) is 0. The lowest BCUT2D eigenvalue weighted by Crippen LogP contribution is -2.13. The van der Waals surface area contributed by atoms with Crippen LogP contribution >= 0.6 is 0 Å². The van der Waals surface area contributed by atoms with Gasteiger partial charge >= 0.3 is 0 Å². The van der Waals surface area contributed by atoms with Crippen LogP contribution in [-0.2, 0) is 6.54 Å². The van der Waals surface area contributed by atoms with Crippen molar-refractivity contribution in [3.63, 3.8) is 0 Å². The van der Waals surface area contributed by atoms with Crippen LogP contribution in [0.5, 0.6) is 0 Å². The van der Waals surface area contributed by atoms with Gasteiger partial charge in [-0.05, 0) is 25.1 Å². The molecule has 2 heterocycles. The Morgan fingerprint density at radius 3 is 2.91 bits per heavy atom. The number of hydrogen-bond acceptors (Lipinski definition) is 6. The van der Waals surface area contributed by atoms with Crippen molar-refractivity contribution in [3.8, 4) is 0 Å². The minimum atomic E-state index is -0.481. The number of hydrogen-bond donors (Lipinski definition) is 1. The van der Waals surface area contributed by atoms with E-state index in [1.54, 1.807) is 13.8 Å². The number of rotatable bonds is 4. The maximum absolute atomic E-state index is 13.2. The van der Waals surface area contributed by atoms with Gasteiger partial charge in [0.15, 0.2) is 11.6 Å². The molecule has 0 saturated heterocycles. The van der Waals surface area contributed by atoms with E-state index in [9.17, 15) is 9.18 Å². The van der Waals surface area contributed by atoms with Crippen molar-refractivity contribution in [2.45, 2.75) is 20.4 Å². The first-order valence-electron chi connectivity index (χ1n) is 6.79. The zero-order valence-corrected chi connectivity index (χ0v) is 12.4. The van der Waals surface area contributed by atoms with Gasteiger partial charge in [-0.1, -0.05) is 16.4 Å². The second-order valence-electron chi connectivity index (χ2n) is 4.88. The molecule has 3 aromatic rings. The van der Waals surface area contributed by atoms with Crippen molar-refractivity contribution in [3.05, 3.63) is 53.1 Å². The molecule has 9 heteroatoms. The van der Waals surface area contributed by atoms with E-state index in [4.69, 9.17) is 4.52 Å². The SMILES string of the molecule is Cc1nc(Cn2nnc(NC(=O)c3cccc(F)c3)c2C)no1. The van der Waals surface area contributed by atoms with E-state index in [-0.39, 0.29) is 12.1 Å². The van der Waals surface area contributed by atoms with E-state index in [1.165, 1.54) is 22.9 Å². The van der Waals surface area contributed by atoms with Crippen LogP contribution in [0, 0.1) is 19.7 Å². The Labute approximate surface area is 130 Å². The number of amides is 1. The predicted octanol–water partition coefficient (Wildman–Crippen LogP) is 1.72. The number of aryl methyl sites for hydroxylation is 1. The van der Waals surface area contributed by atoms with E-state index >= 15 is 0 Å². The number of anilines is 1. The molecule has 0 saturated carbocycles. The average Bonchev–Trinajstić information content (AvgIpc) is 3.08. The third-order valence-electron chi connectivity index (χ3n) is 3.16. The summed E-state index contributed by atoms with van der Waals surface area (Å²) in [5, 5.41) is 14.2. The molecule has 2 aromatic heterocycles. The Bertz CT molecular complexity index is 857. The minimum absolute atomic E-state index is 0.202. The van der Waals surface area contributed by atoms with E-state index < -0.39 is 11.7 Å². The van der Waals surface area contributed by atoms with Crippen molar-refractivity contribution >= 4 is 11.7 Å². The van der Waals surface area contributed by atoms with Gasteiger partial charge in [0.05, 0.1) is 5.69 Å². The quantitative estimate of drug-likeness (QED) is 0.787. The number of carbonyl (C=O) groups is 1. The van der Waals surface area contributed by atoms with Crippen molar-refractivity contribution in [1.29, 1.82) is 0 Å². The molecule has 0 atom stereocenters. The highest BCUT2D eigenvalue weighted by Crippen LogP contribution is 2.13. The maximum atomic E-state index is 13.2. The van der Waals surface area contributed by atoms with Crippen LogP contribution in [0.4, 0.5) is 10.2 Å². The smallest absolute Gasteiger partial charge is 0.257 e. The first kappa shape index (κ1) is 14.8. The summed E-state index contributed by atoms with van der Waals surface area (Å²) in [4.78, 5) is 16.2. The normalized spacial score (nSPS) is 10.7. The summed E-state index contributed by atoms with van der Waals surface area (Å²) in [5.74, 6) is 0.260. The molecule has 3 rings (SSSR count). The Morgan fingerprint density at radius 2 is 2.22 bits per heavy atom. The summed E-state index contributed by atoms with van der Waals surface area (Å²) < 4.78 is 19.6. The average molecular weight is 316 g/mol. The van der Waals surface area contributed by atoms with Gasteiger partial charge in [0.25, 0.3) is 5.91 Å². The fourth-order valence-electron chi connectivity index (χ4n) is 1.97. The topological polar surface area (TPSA) is 98.7 Å². The zero-order valence-electron chi connectivity index (χ0n) is 12.4. The Kier molecular flexibility index (Phi) is 3.83. The van der Waals surface area contributed by atoms with Gasteiger partial charge in [-0.25, -0.2) is 9.07 Å². The van der Waals surface area contributed by atoms with Crippen LogP contribution < -0.4 is 5.32 Å². The second-order valence-corrected chi connectivity index (χ2v) is 4.88. The minimum Gasteiger partial charge on any atom is -0.340 e. The first-order chi connectivity index (χ1) is 11.0. The molecule has 1 amide bonds. The molecule has 0 aliphatic heterocycles. The highest BCUT2D eigenvalue weighted by Gasteiger charge is 2.15. The first-order valence-corrected chi connectivity index (χ1v) is 6.79. The predicted molar refractivity (Wildman–Crippen MR) is 77.2 cm³/mol. The van der Waals surface area contributed by atoms with Crippen molar-refractivity contribution in [2.75, 3.05) is 5.32 Å². The van der Waals surface area contributed by atoms with E-state index in [0.717, 1.165) is 6.07 Å². The molecular weight excluding hydrogens is 303 g/mol. The van der Waals surface area contributed by atoms with Crippen molar-refractivity contribution in [1.82, 2.24) is 25.1 Å². The molecule has 0 aliphatic rings. The van der Waals surface area contributed by atoms with Crippen LogP contribution in [0.1, 0.15) is 27.8 Å². The maximum Gasteiger partial charge on any atom is 0.257 e. The van der Waals surface area contributed by atoms with Crippen LogP contribution in [0.25, 0.3) is 0 Å². The monoisotopic (exact) mass is 316 g/mol. The highest BCUT2D eigenvalue weighted by molar-refractivity contribution is 6.03. The molecule has 23 heavy (non-hydrogen) atoms. The molecule has 1 N–H and O–H groups in total. The summed E-state index contributed by atoms with van der Waals surface area (Å²) >= 11 is 0. The number of carbonyl (C=O) groups excluding carboxylic acids is 1. The third kappa shape index (κ3) is 3.23. The van der Waals surface area contributed by atoms with Gasteiger partial charge < -0.3 is 9.84 Å². The lowest BCUT2D eigenvalue weighted by molar-refractivity contribution is 0.102. The Balaban J connectivity index is 1.75. The van der Waals surface area contributed by atoms with Crippen LogP contribution in [0.15, 0.2) is 28.8 Å². The number of nitrogens with one attached hydrogen (secondary N) is 1. The molecule has 8 nitrogen and oxygen atoms in total. The van der Waals surface area contributed by atoms with Crippen molar-refractivity contribution < 1.29 is 13.7 Å². The molecule has 0 unspecified atom stereocenters. The summed E-state index contributed by atoms with van der Waals surface area (Å²) in [6.45, 7) is 3.70. The molecule has 0 radical (unpaired) electrons. The Morgan fingerprint density at radius 1 is 1.39 bits per heavy atom. The van der Waals surface area contributed by atoms with Gasteiger partial charge in [0, 0.05) is 12.5 Å². The summed E-state index contributed by atoms with van der Waals surface area (Å²) in [6, 6.07) is 5.40. The molecular formula is C14H13FN6O2. The molecule has 0 bridgehead atoms. The summed E-state index contributed by atoms with van der Waals surface area (Å²) in [6.07, 6.45) is 0. The van der Waals surface area contributed by atoms with Crippen molar-refractivity contribution in [2.24, 2.45) is 0 Å². The zero-order chi connectivity index (χ0) is 16.4. The number of benzene rings is 1. The van der Waals surface area contributed by atoms with Crippen LogP contribution in [0.2, 0.25) is 0 Å². The van der Waals surface area contributed by atoms with Crippen LogP contribution in [0.3, 0.4) is 0 Å². The summed E-state index contributed by atoms with van der Waals surface area (Å²) in [5.41, 5.74) is 0.824. The second kappa shape index (κ2) is 5.95. The molecule has 1 aromatic carbocycles.